The lowest BCUT2D eigenvalue weighted by molar-refractivity contribution is -0.115. The molecular weight excluding hydrogens is 442 g/mol. The van der Waals surface area contributed by atoms with E-state index in [1.165, 1.54) is 29.6 Å². The minimum atomic E-state index is -3.70. The number of nitrogens with one attached hydrogen (secondary N) is 2. The highest BCUT2D eigenvalue weighted by Gasteiger charge is 2.21. The fourth-order valence-corrected chi connectivity index (χ4v) is 4.22. The quantitative estimate of drug-likeness (QED) is 0.418. The van der Waals surface area contributed by atoms with Crippen molar-refractivity contribution in [2.75, 3.05) is 16.7 Å². The Balaban J connectivity index is 1.59. The van der Waals surface area contributed by atoms with Gasteiger partial charge >= 0.3 is 0 Å². The molecule has 0 unspecified atom stereocenters. The van der Waals surface area contributed by atoms with Gasteiger partial charge in [0.2, 0.25) is 5.91 Å². The molecule has 0 aliphatic rings. The topological polar surface area (TPSA) is 78.5 Å². The molecule has 0 heterocycles. The summed E-state index contributed by atoms with van der Waals surface area (Å²) in [5.41, 5.74) is 3.17. The largest absolute Gasteiger partial charge is 0.332 e. The van der Waals surface area contributed by atoms with Crippen molar-refractivity contribution >= 4 is 50.7 Å². The van der Waals surface area contributed by atoms with E-state index < -0.39 is 10.0 Å². The molecule has 0 saturated heterocycles. The maximum Gasteiger partial charge on any atom is 0.264 e. The van der Waals surface area contributed by atoms with Gasteiger partial charge in [-0.05, 0) is 67.2 Å². The van der Waals surface area contributed by atoms with Gasteiger partial charge in [0.1, 0.15) is 0 Å². The van der Waals surface area contributed by atoms with Crippen LogP contribution in [-0.4, -0.2) is 26.5 Å². The second kappa shape index (κ2) is 10.2. The number of rotatable bonds is 6. The van der Waals surface area contributed by atoms with Crippen molar-refractivity contribution in [3.05, 3.63) is 96.1 Å². The zero-order valence-corrected chi connectivity index (χ0v) is 19.3. The van der Waals surface area contributed by atoms with Crippen LogP contribution in [-0.2, 0) is 14.8 Å². The summed E-state index contributed by atoms with van der Waals surface area (Å²) in [7, 11) is -2.19. The minimum absolute atomic E-state index is 0.112. The number of carbonyl (C=O) groups is 1. The zero-order chi connectivity index (χ0) is 23.1. The first-order chi connectivity index (χ1) is 15.3. The summed E-state index contributed by atoms with van der Waals surface area (Å²) < 4.78 is 26.9. The van der Waals surface area contributed by atoms with Gasteiger partial charge in [0.25, 0.3) is 10.0 Å². The average Bonchev–Trinajstić information content (AvgIpc) is 2.79. The summed E-state index contributed by atoms with van der Waals surface area (Å²) in [5.74, 6) is -0.369. The zero-order valence-electron chi connectivity index (χ0n) is 17.6. The highest BCUT2D eigenvalue weighted by molar-refractivity contribution is 7.92. The Morgan fingerprint density at radius 3 is 2.19 bits per heavy atom. The van der Waals surface area contributed by atoms with Crippen LogP contribution in [0.3, 0.4) is 0 Å². The molecule has 0 radical (unpaired) electrons. The predicted octanol–water partition coefficient (Wildman–Crippen LogP) is 4.35. The van der Waals surface area contributed by atoms with Crippen molar-refractivity contribution in [2.24, 2.45) is 0 Å². The molecule has 3 aromatic rings. The molecule has 0 spiro atoms. The summed E-state index contributed by atoms with van der Waals surface area (Å²) >= 11 is 5.17. The second-order valence-corrected chi connectivity index (χ2v) is 9.40. The Morgan fingerprint density at radius 1 is 0.938 bits per heavy atom. The molecule has 8 heteroatoms. The number of thiocarbonyl (C=S) groups is 1. The Hall–Kier alpha value is -3.49. The molecular formula is C24H23N3O3S2. The van der Waals surface area contributed by atoms with Crippen molar-refractivity contribution < 1.29 is 13.2 Å². The summed E-state index contributed by atoms with van der Waals surface area (Å²) in [6.45, 7) is 1.99. The van der Waals surface area contributed by atoms with Gasteiger partial charge in [-0.15, -0.1) is 0 Å². The smallest absolute Gasteiger partial charge is 0.264 e. The van der Waals surface area contributed by atoms with E-state index >= 15 is 0 Å². The molecule has 0 fully saturated rings. The molecule has 1 amide bonds. The molecule has 3 rings (SSSR count). The highest BCUT2D eigenvalue weighted by Crippen LogP contribution is 2.22. The number of aryl methyl sites for hydroxylation is 1. The molecule has 0 aliphatic heterocycles. The van der Waals surface area contributed by atoms with Crippen LogP contribution in [0.4, 0.5) is 11.4 Å². The molecule has 0 saturated carbocycles. The summed E-state index contributed by atoms with van der Waals surface area (Å²) in [6.07, 6.45) is 3.09. The normalized spacial score (nSPS) is 11.2. The molecule has 0 atom stereocenters. The third-order valence-electron chi connectivity index (χ3n) is 4.63. The molecule has 0 aromatic heterocycles. The minimum Gasteiger partial charge on any atom is -0.332 e. The first kappa shape index (κ1) is 23.2. The van der Waals surface area contributed by atoms with Crippen molar-refractivity contribution in [3.63, 3.8) is 0 Å². The standard InChI is InChI=1S/C24H23N3O3S2/c1-18-8-10-19(11-9-18)12-17-23(28)26-24(31)25-20-13-15-22(16-14-20)32(29,30)27(2)21-6-4-3-5-7-21/h3-17H,1-2H3,(H2,25,26,28,31)/b17-12+. The van der Waals surface area contributed by atoms with Crippen molar-refractivity contribution in [2.45, 2.75) is 11.8 Å². The molecule has 6 nitrogen and oxygen atoms in total. The Labute approximate surface area is 193 Å². The third-order valence-corrected chi connectivity index (χ3v) is 6.64. The predicted molar refractivity (Wildman–Crippen MR) is 133 cm³/mol. The van der Waals surface area contributed by atoms with Crippen LogP contribution in [0.5, 0.6) is 0 Å². The number of benzene rings is 3. The average molecular weight is 466 g/mol. The van der Waals surface area contributed by atoms with Gasteiger partial charge in [-0.1, -0.05) is 48.0 Å². The lowest BCUT2D eigenvalue weighted by Crippen LogP contribution is -2.32. The Morgan fingerprint density at radius 2 is 1.56 bits per heavy atom. The lowest BCUT2D eigenvalue weighted by Gasteiger charge is -2.19. The number of nitrogens with zero attached hydrogens (tertiary/aromatic N) is 1. The van der Waals surface area contributed by atoms with Gasteiger partial charge in [0.15, 0.2) is 5.11 Å². The van der Waals surface area contributed by atoms with E-state index in [0.717, 1.165) is 11.1 Å². The number of anilines is 2. The Bertz CT molecular complexity index is 1220. The highest BCUT2D eigenvalue weighted by atomic mass is 32.2. The van der Waals surface area contributed by atoms with E-state index in [9.17, 15) is 13.2 Å². The van der Waals surface area contributed by atoms with Crippen LogP contribution < -0.4 is 14.9 Å². The number of para-hydroxylation sites is 1. The van der Waals surface area contributed by atoms with Crippen molar-refractivity contribution in [1.29, 1.82) is 0 Å². The van der Waals surface area contributed by atoms with E-state index in [1.807, 2.05) is 37.3 Å². The molecule has 0 bridgehead atoms. The number of sulfonamides is 1. The van der Waals surface area contributed by atoms with Gasteiger partial charge in [-0.25, -0.2) is 8.42 Å². The number of hydrogen-bond acceptors (Lipinski definition) is 4. The Kier molecular flexibility index (Phi) is 7.40. The van der Waals surface area contributed by atoms with E-state index in [2.05, 4.69) is 10.6 Å². The summed E-state index contributed by atoms with van der Waals surface area (Å²) in [4.78, 5) is 12.2. The molecule has 32 heavy (non-hydrogen) atoms. The van der Waals surface area contributed by atoms with Gasteiger partial charge in [-0.2, -0.15) is 0 Å². The van der Waals surface area contributed by atoms with Crippen LogP contribution in [0.15, 0.2) is 89.8 Å². The first-order valence-corrected chi connectivity index (χ1v) is 11.6. The molecule has 2 N–H and O–H groups in total. The van der Waals surface area contributed by atoms with E-state index in [1.54, 1.807) is 42.5 Å². The van der Waals surface area contributed by atoms with Gasteiger partial charge < -0.3 is 5.32 Å². The maximum absolute atomic E-state index is 12.8. The van der Waals surface area contributed by atoms with Crippen LogP contribution >= 0.6 is 12.2 Å². The van der Waals surface area contributed by atoms with E-state index in [-0.39, 0.29) is 15.9 Å². The number of hydrogen-bond donors (Lipinski definition) is 2. The van der Waals surface area contributed by atoms with E-state index in [4.69, 9.17) is 12.2 Å². The van der Waals surface area contributed by atoms with Crippen LogP contribution in [0.25, 0.3) is 6.08 Å². The van der Waals surface area contributed by atoms with Crippen LogP contribution in [0, 0.1) is 6.92 Å². The second-order valence-electron chi connectivity index (χ2n) is 7.02. The number of carbonyl (C=O) groups excluding carboxylic acids is 1. The fraction of sp³-hybridized carbons (Fsp3) is 0.0833. The van der Waals surface area contributed by atoms with Crippen LogP contribution in [0.1, 0.15) is 11.1 Å². The van der Waals surface area contributed by atoms with Gasteiger partial charge in [0.05, 0.1) is 10.6 Å². The SMILES string of the molecule is Cc1ccc(/C=C/C(=O)NC(=S)Nc2ccc(S(=O)(=O)N(C)c3ccccc3)cc2)cc1. The number of amides is 1. The van der Waals surface area contributed by atoms with Gasteiger partial charge in [0, 0.05) is 18.8 Å². The summed E-state index contributed by atoms with van der Waals surface area (Å²) in [5, 5.41) is 5.55. The fourth-order valence-electron chi connectivity index (χ4n) is 2.81. The molecule has 164 valence electrons. The molecule has 3 aromatic carbocycles. The van der Waals surface area contributed by atoms with Crippen molar-refractivity contribution in [1.82, 2.24) is 5.32 Å². The first-order valence-electron chi connectivity index (χ1n) is 9.76. The monoisotopic (exact) mass is 465 g/mol. The van der Waals surface area contributed by atoms with E-state index in [0.29, 0.717) is 11.4 Å². The molecule has 0 aliphatic carbocycles. The van der Waals surface area contributed by atoms with Crippen LogP contribution in [0.2, 0.25) is 0 Å². The maximum atomic E-state index is 12.8. The summed E-state index contributed by atoms with van der Waals surface area (Å²) in [6, 6.07) is 22.7. The van der Waals surface area contributed by atoms with Crippen molar-refractivity contribution in [3.8, 4) is 0 Å². The van der Waals surface area contributed by atoms with Gasteiger partial charge in [-0.3, -0.25) is 14.4 Å². The third kappa shape index (κ3) is 6.03. The lowest BCUT2D eigenvalue weighted by atomic mass is 10.1.